The monoisotopic (exact) mass is 335 g/mol. The van der Waals surface area contributed by atoms with Crippen LogP contribution in [0, 0.1) is 10.1 Å². The van der Waals surface area contributed by atoms with Crippen LogP contribution in [-0.4, -0.2) is 22.6 Å². The zero-order valence-corrected chi connectivity index (χ0v) is 12.7. The smallest absolute Gasteiger partial charge is 0.319 e. The van der Waals surface area contributed by atoms with Gasteiger partial charge in [0.05, 0.1) is 11.0 Å². The van der Waals surface area contributed by atoms with Crippen molar-refractivity contribution in [3.05, 3.63) is 69.2 Å². The van der Waals surface area contributed by atoms with Crippen molar-refractivity contribution in [3.8, 4) is 0 Å². The molecular weight excluding hydrogens is 322 g/mol. The van der Waals surface area contributed by atoms with Gasteiger partial charge in [-0.15, -0.1) is 0 Å². The van der Waals surface area contributed by atoms with Crippen LogP contribution in [0.4, 0.5) is 16.2 Å². The van der Waals surface area contributed by atoms with Crippen LogP contribution in [0.1, 0.15) is 11.7 Å². The number of benzene rings is 2. The van der Waals surface area contributed by atoms with Crippen molar-refractivity contribution in [3.63, 3.8) is 0 Å². The highest BCUT2D eigenvalue weighted by Gasteiger charge is 2.11. The van der Waals surface area contributed by atoms with Crippen LogP contribution in [0.15, 0.2) is 48.5 Å². The largest absolute Gasteiger partial charge is 0.387 e. The highest BCUT2D eigenvalue weighted by molar-refractivity contribution is 6.30. The maximum atomic E-state index is 11.8. The molecule has 8 heteroatoms. The molecular formula is C15H14ClN3O4. The van der Waals surface area contributed by atoms with Crippen molar-refractivity contribution in [1.29, 1.82) is 0 Å². The number of nitro groups is 1. The van der Waals surface area contributed by atoms with Crippen LogP contribution in [0.3, 0.4) is 0 Å². The first-order valence-electron chi connectivity index (χ1n) is 6.68. The van der Waals surface area contributed by atoms with Crippen molar-refractivity contribution in [2.45, 2.75) is 6.10 Å². The van der Waals surface area contributed by atoms with Gasteiger partial charge >= 0.3 is 6.03 Å². The van der Waals surface area contributed by atoms with E-state index in [1.807, 2.05) is 0 Å². The van der Waals surface area contributed by atoms with Gasteiger partial charge in [0.2, 0.25) is 0 Å². The molecule has 7 nitrogen and oxygen atoms in total. The first-order chi connectivity index (χ1) is 11.0. The SMILES string of the molecule is O=C(NC[C@@H](O)c1cccc(Cl)c1)Nc1cccc([N+](=O)[O-])c1. The Morgan fingerprint density at radius 3 is 2.70 bits per heavy atom. The molecule has 0 radical (unpaired) electrons. The molecule has 0 aliphatic heterocycles. The molecule has 3 N–H and O–H groups in total. The van der Waals surface area contributed by atoms with Gasteiger partial charge in [-0.1, -0.05) is 29.8 Å². The summed E-state index contributed by atoms with van der Waals surface area (Å²) in [5.74, 6) is 0. The van der Waals surface area contributed by atoms with Crippen LogP contribution in [0.25, 0.3) is 0 Å². The Hall–Kier alpha value is -2.64. The van der Waals surface area contributed by atoms with Crippen LogP contribution >= 0.6 is 11.6 Å². The second-order valence-corrected chi connectivity index (χ2v) is 5.15. The molecule has 0 saturated heterocycles. The fraction of sp³-hybridized carbons (Fsp3) is 0.133. The van der Waals surface area contributed by atoms with Gasteiger partial charge in [0.25, 0.3) is 5.69 Å². The second-order valence-electron chi connectivity index (χ2n) is 4.71. The van der Waals surface area contributed by atoms with Gasteiger partial charge < -0.3 is 15.7 Å². The van der Waals surface area contributed by atoms with E-state index < -0.39 is 17.1 Å². The van der Waals surface area contributed by atoms with Gasteiger partial charge in [-0.3, -0.25) is 10.1 Å². The van der Waals surface area contributed by atoms with E-state index >= 15 is 0 Å². The molecule has 0 heterocycles. The summed E-state index contributed by atoms with van der Waals surface area (Å²) in [6.07, 6.45) is -0.912. The lowest BCUT2D eigenvalue weighted by atomic mass is 10.1. The number of aliphatic hydroxyl groups excluding tert-OH is 1. The number of hydrogen-bond donors (Lipinski definition) is 3. The summed E-state index contributed by atoms with van der Waals surface area (Å²) in [4.78, 5) is 21.9. The summed E-state index contributed by atoms with van der Waals surface area (Å²) in [7, 11) is 0. The average Bonchev–Trinajstić information content (AvgIpc) is 2.53. The van der Waals surface area contributed by atoms with Gasteiger partial charge in [-0.25, -0.2) is 4.79 Å². The number of carbonyl (C=O) groups is 1. The Labute approximate surface area is 137 Å². The quantitative estimate of drug-likeness (QED) is 0.576. The normalized spacial score (nSPS) is 11.6. The number of nitro benzene ring substituents is 1. The number of hydrogen-bond acceptors (Lipinski definition) is 4. The summed E-state index contributed by atoms with van der Waals surface area (Å²) in [5.41, 5.74) is 0.740. The molecule has 0 fully saturated rings. The number of nitrogens with zero attached hydrogens (tertiary/aromatic N) is 1. The number of halogens is 1. The Bertz CT molecular complexity index is 723. The van der Waals surface area contributed by atoms with E-state index in [0.29, 0.717) is 10.6 Å². The Morgan fingerprint density at radius 2 is 2.00 bits per heavy atom. The maximum Gasteiger partial charge on any atom is 0.319 e. The van der Waals surface area contributed by atoms with E-state index in [2.05, 4.69) is 10.6 Å². The van der Waals surface area contributed by atoms with Gasteiger partial charge in [0.15, 0.2) is 0 Å². The molecule has 0 aliphatic rings. The van der Waals surface area contributed by atoms with Crippen molar-refractivity contribution in [2.75, 3.05) is 11.9 Å². The van der Waals surface area contributed by atoms with Crippen LogP contribution in [0.5, 0.6) is 0 Å². The fourth-order valence-corrected chi connectivity index (χ4v) is 2.09. The molecule has 0 aliphatic carbocycles. The number of nitrogens with one attached hydrogen (secondary N) is 2. The van der Waals surface area contributed by atoms with E-state index in [1.54, 1.807) is 24.3 Å². The number of carbonyl (C=O) groups excluding carboxylic acids is 1. The van der Waals surface area contributed by atoms with E-state index in [0.717, 1.165) is 0 Å². The molecule has 23 heavy (non-hydrogen) atoms. The summed E-state index contributed by atoms with van der Waals surface area (Å²) in [6, 6.07) is 11.7. The van der Waals surface area contributed by atoms with Crippen molar-refractivity contribution < 1.29 is 14.8 Å². The molecule has 0 bridgehead atoms. The predicted molar refractivity (Wildman–Crippen MR) is 86.5 cm³/mol. The first-order valence-corrected chi connectivity index (χ1v) is 7.06. The van der Waals surface area contributed by atoms with Crippen LogP contribution < -0.4 is 10.6 Å². The zero-order chi connectivity index (χ0) is 16.8. The topological polar surface area (TPSA) is 104 Å². The van der Waals surface area contributed by atoms with Crippen molar-refractivity contribution in [2.24, 2.45) is 0 Å². The fourth-order valence-electron chi connectivity index (χ4n) is 1.89. The van der Waals surface area contributed by atoms with E-state index in [1.165, 1.54) is 24.3 Å². The standard InChI is InChI=1S/C15H14ClN3O4/c16-11-4-1-3-10(7-11)14(20)9-17-15(21)18-12-5-2-6-13(8-12)19(22)23/h1-8,14,20H,9H2,(H2,17,18,21)/t14-/m1/s1. The molecule has 2 aromatic carbocycles. The van der Waals surface area contributed by atoms with Gasteiger partial charge in [0, 0.05) is 29.4 Å². The minimum Gasteiger partial charge on any atom is -0.387 e. The number of anilines is 1. The molecule has 0 spiro atoms. The minimum atomic E-state index is -0.912. The Kier molecular flexibility index (Phi) is 5.51. The Morgan fingerprint density at radius 1 is 1.26 bits per heavy atom. The molecule has 0 saturated carbocycles. The third-order valence-electron chi connectivity index (χ3n) is 3.00. The third-order valence-corrected chi connectivity index (χ3v) is 3.24. The summed E-state index contributed by atoms with van der Waals surface area (Å²) in [5, 5.41) is 26.1. The number of rotatable bonds is 5. The second kappa shape index (κ2) is 7.57. The number of aliphatic hydroxyl groups is 1. The number of urea groups is 1. The highest BCUT2D eigenvalue weighted by atomic mass is 35.5. The van der Waals surface area contributed by atoms with Gasteiger partial charge in [-0.2, -0.15) is 0 Å². The third kappa shape index (κ3) is 4.94. The Balaban J connectivity index is 1.90. The molecule has 1 atom stereocenters. The lowest BCUT2D eigenvalue weighted by Gasteiger charge is -2.13. The van der Waals surface area contributed by atoms with Gasteiger partial charge in [0.1, 0.15) is 0 Å². The molecule has 0 unspecified atom stereocenters. The molecule has 2 rings (SSSR count). The van der Waals surface area contributed by atoms with Gasteiger partial charge in [-0.05, 0) is 23.8 Å². The summed E-state index contributed by atoms with van der Waals surface area (Å²) >= 11 is 5.83. The molecule has 2 amide bonds. The lowest BCUT2D eigenvalue weighted by Crippen LogP contribution is -2.32. The minimum absolute atomic E-state index is 0.0267. The average molecular weight is 336 g/mol. The predicted octanol–water partition coefficient (Wildman–Crippen LogP) is 3.10. The maximum absolute atomic E-state index is 11.8. The summed E-state index contributed by atoms with van der Waals surface area (Å²) < 4.78 is 0. The van der Waals surface area contributed by atoms with Crippen molar-refractivity contribution >= 4 is 29.0 Å². The highest BCUT2D eigenvalue weighted by Crippen LogP contribution is 2.18. The van der Waals surface area contributed by atoms with E-state index in [-0.39, 0.29) is 17.9 Å². The lowest BCUT2D eigenvalue weighted by molar-refractivity contribution is -0.384. The van der Waals surface area contributed by atoms with Crippen LogP contribution in [0.2, 0.25) is 5.02 Å². The number of non-ortho nitro benzene ring substituents is 1. The number of amides is 2. The van der Waals surface area contributed by atoms with Crippen molar-refractivity contribution in [1.82, 2.24) is 5.32 Å². The zero-order valence-electron chi connectivity index (χ0n) is 11.9. The molecule has 0 aromatic heterocycles. The summed E-state index contributed by atoms with van der Waals surface area (Å²) in [6.45, 7) is -0.0267. The molecule has 2 aromatic rings. The van der Waals surface area contributed by atoms with E-state index in [9.17, 15) is 20.0 Å². The first kappa shape index (κ1) is 16.7. The van der Waals surface area contributed by atoms with Crippen LogP contribution in [-0.2, 0) is 0 Å². The van der Waals surface area contributed by atoms with E-state index in [4.69, 9.17) is 11.6 Å². The molecule has 120 valence electrons.